The summed E-state index contributed by atoms with van der Waals surface area (Å²) >= 11 is 0. The number of aromatic nitrogens is 5. The van der Waals surface area contributed by atoms with Gasteiger partial charge in [0.1, 0.15) is 5.82 Å². The zero-order valence-electron chi connectivity index (χ0n) is 23.7. The summed E-state index contributed by atoms with van der Waals surface area (Å²) in [5, 5.41) is 15.3. The van der Waals surface area contributed by atoms with Crippen LogP contribution in [0.4, 0.5) is 0 Å². The smallest absolute Gasteiger partial charge is 0.262 e. The van der Waals surface area contributed by atoms with E-state index in [2.05, 4.69) is 26.6 Å². The molecule has 0 aliphatic heterocycles. The minimum Gasteiger partial charge on any atom is -0.528 e. The van der Waals surface area contributed by atoms with Crippen LogP contribution in [0, 0.1) is 5.92 Å². The molecule has 9 heteroatoms. The maximum absolute atomic E-state index is 14.1. The largest absolute Gasteiger partial charge is 0.528 e. The monoisotopic (exact) mass is 562 g/mol. The predicted molar refractivity (Wildman–Crippen MR) is 157 cm³/mol. The first-order valence-corrected chi connectivity index (χ1v) is 14.4. The Morgan fingerprint density at radius 2 is 1.74 bits per heavy atom. The number of benzene rings is 2. The van der Waals surface area contributed by atoms with Crippen molar-refractivity contribution in [3.63, 3.8) is 0 Å². The van der Waals surface area contributed by atoms with Crippen LogP contribution < -0.4 is 15.4 Å². The first kappa shape index (κ1) is 27.4. The number of hydrogen-bond acceptors (Lipinski definition) is 8. The maximum atomic E-state index is 14.1. The molecule has 0 amide bonds. The molecule has 0 unspecified atom stereocenters. The summed E-state index contributed by atoms with van der Waals surface area (Å²) in [5.41, 5.74) is 5.53. The number of nitrogens with zero attached hydrogens (tertiary/aromatic N) is 5. The molecule has 5 aromatic rings. The highest BCUT2D eigenvalue weighted by Gasteiger charge is 2.22. The number of rotatable bonds is 11. The quantitative estimate of drug-likeness (QED) is 0.209. The number of hydrogen-bond donors (Lipinski definition) is 0. The predicted octanol–water partition coefficient (Wildman–Crippen LogP) is 5.45. The Hall–Kier alpha value is -4.79. The van der Waals surface area contributed by atoms with E-state index in [1.807, 2.05) is 67.6 Å². The summed E-state index contributed by atoms with van der Waals surface area (Å²) in [6, 6.07) is 19.3. The minimum atomic E-state index is -0.723. The van der Waals surface area contributed by atoms with Crippen LogP contribution in [0.15, 0.2) is 76.2 Å². The lowest BCUT2D eigenvalue weighted by atomic mass is 9.98. The topological polar surface area (TPSA) is 119 Å². The van der Waals surface area contributed by atoms with Gasteiger partial charge in [-0.2, -0.15) is 5.16 Å². The van der Waals surface area contributed by atoms with Crippen LogP contribution in [0.3, 0.4) is 0 Å². The van der Waals surface area contributed by atoms with Crippen molar-refractivity contribution in [1.82, 2.24) is 24.7 Å². The van der Waals surface area contributed by atoms with E-state index in [0.29, 0.717) is 48.9 Å². The molecule has 214 valence electrons. The summed E-state index contributed by atoms with van der Waals surface area (Å²) in [4.78, 5) is 27.4. The molecule has 0 saturated heterocycles. The van der Waals surface area contributed by atoms with E-state index in [4.69, 9.17) is 9.72 Å². The summed E-state index contributed by atoms with van der Waals surface area (Å²) in [5.74, 6) is 2.25. The molecule has 6 rings (SSSR count). The molecule has 42 heavy (non-hydrogen) atoms. The molecule has 1 aliphatic carbocycles. The highest BCUT2D eigenvalue weighted by Crippen LogP contribution is 2.32. The molecule has 9 nitrogen and oxygen atoms in total. The van der Waals surface area contributed by atoms with Crippen molar-refractivity contribution in [1.29, 1.82) is 0 Å². The molecule has 1 saturated carbocycles. The van der Waals surface area contributed by atoms with Crippen LogP contribution in [0.25, 0.3) is 33.6 Å². The van der Waals surface area contributed by atoms with Gasteiger partial charge < -0.3 is 14.4 Å². The standard InChI is InChI=1S/C33H33N5O4/c1-3-7-28-35-27(4-2)30(24-16-17-29(34-18-24)41-20-22-10-11-22)32(39)38(28)19-21-12-14-23(15-13-21)25-8-5-6-9-26(25)31-36-33(40)42-37-31/h5-6,8-9,12-18,22H,3-4,7,10-11,19-20H2,1-2H3,(H,36,37,40)/p-1. The van der Waals surface area contributed by atoms with Crippen molar-refractivity contribution in [3.05, 3.63) is 94.3 Å². The fourth-order valence-corrected chi connectivity index (χ4v) is 5.09. The van der Waals surface area contributed by atoms with Gasteiger partial charge in [-0.25, -0.2) is 15.0 Å². The average Bonchev–Trinajstić information content (AvgIpc) is 3.76. The zero-order valence-corrected chi connectivity index (χ0v) is 23.7. The molecule has 1 aliphatic rings. The van der Waals surface area contributed by atoms with Gasteiger partial charge in [0.05, 0.1) is 24.4 Å². The van der Waals surface area contributed by atoms with Gasteiger partial charge in [0.15, 0.2) is 11.9 Å². The first-order valence-electron chi connectivity index (χ1n) is 14.4. The molecule has 1 fully saturated rings. The van der Waals surface area contributed by atoms with Gasteiger partial charge in [0.2, 0.25) is 5.88 Å². The summed E-state index contributed by atoms with van der Waals surface area (Å²) in [6.07, 6.45) is 5.64. The van der Waals surface area contributed by atoms with Crippen LogP contribution in [0.2, 0.25) is 0 Å². The van der Waals surface area contributed by atoms with Gasteiger partial charge in [-0.05, 0) is 54.4 Å². The van der Waals surface area contributed by atoms with Gasteiger partial charge in [-0.15, -0.1) is 0 Å². The molecule has 3 aromatic heterocycles. The van der Waals surface area contributed by atoms with Crippen molar-refractivity contribution in [2.45, 2.75) is 52.5 Å². The molecule has 2 aromatic carbocycles. The van der Waals surface area contributed by atoms with Crippen molar-refractivity contribution in [2.75, 3.05) is 6.61 Å². The Balaban J connectivity index is 1.31. The second kappa shape index (κ2) is 12.0. The molecular formula is C33H32N5O4-. The van der Waals surface area contributed by atoms with E-state index >= 15 is 0 Å². The van der Waals surface area contributed by atoms with E-state index in [0.717, 1.165) is 40.2 Å². The molecule has 0 spiro atoms. The SMILES string of the molecule is CCCc1nc(CC)c(-c2ccc(OCC3CC3)nc2)c(=O)n1Cc1ccc(-c2ccccc2-c2noc([O-])n2)cc1. The summed E-state index contributed by atoms with van der Waals surface area (Å²) < 4.78 is 12.2. The van der Waals surface area contributed by atoms with E-state index < -0.39 is 6.08 Å². The van der Waals surface area contributed by atoms with Crippen molar-refractivity contribution < 1.29 is 14.4 Å². The maximum Gasteiger partial charge on any atom is 0.262 e. The van der Waals surface area contributed by atoms with E-state index in [1.165, 1.54) is 12.8 Å². The zero-order chi connectivity index (χ0) is 29.1. The lowest BCUT2D eigenvalue weighted by molar-refractivity contribution is -0.303. The van der Waals surface area contributed by atoms with Gasteiger partial charge >= 0.3 is 0 Å². The van der Waals surface area contributed by atoms with Gasteiger partial charge in [0.25, 0.3) is 5.56 Å². The number of pyridine rings is 1. The van der Waals surface area contributed by atoms with Crippen molar-refractivity contribution in [3.8, 4) is 45.6 Å². The Labute approximate surface area is 243 Å². The first-order chi connectivity index (χ1) is 20.5. The lowest BCUT2D eigenvalue weighted by Gasteiger charge is -2.17. The van der Waals surface area contributed by atoms with E-state index in [1.54, 1.807) is 10.8 Å². The fraction of sp³-hybridized carbons (Fsp3) is 0.303. The van der Waals surface area contributed by atoms with Gasteiger partial charge in [-0.3, -0.25) is 9.36 Å². The van der Waals surface area contributed by atoms with Crippen LogP contribution in [-0.4, -0.2) is 31.3 Å². The van der Waals surface area contributed by atoms with Crippen LogP contribution in [0.5, 0.6) is 12.0 Å². The molecule has 0 bridgehead atoms. The minimum absolute atomic E-state index is 0.0707. The second-order valence-corrected chi connectivity index (χ2v) is 10.6. The lowest BCUT2D eigenvalue weighted by Crippen LogP contribution is -2.29. The average molecular weight is 563 g/mol. The summed E-state index contributed by atoms with van der Waals surface area (Å²) in [6.45, 7) is 5.19. The highest BCUT2D eigenvalue weighted by atomic mass is 16.6. The molecule has 0 radical (unpaired) electrons. The van der Waals surface area contributed by atoms with Crippen LogP contribution in [-0.2, 0) is 19.4 Å². The van der Waals surface area contributed by atoms with E-state index in [9.17, 15) is 9.90 Å². The number of aryl methyl sites for hydroxylation is 2. The van der Waals surface area contributed by atoms with E-state index in [-0.39, 0.29) is 11.4 Å². The molecular weight excluding hydrogens is 530 g/mol. The Kier molecular flexibility index (Phi) is 7.81. The Morgan fingerprint density at radius 3 is 2.38 bits per heavy atom. The molecule has 3 heterocycles. The third-order valence-electron chi connectivity index (χ3n) is 7.50. The summed E-state index contributed by atoms with van der Waals surface area (Å²) in [7, 11) is 0. The van der Waals surface area contributed by atoms with Crippen molar-refractivity contribution in [2.24, 2.45) is 5.92 Å². The van der Waals surface area contributed by atoms with Gasteiger partial charge in [0, 0.05) is 29.8 Å². The van der Waals surface area contributed by atoms with Gasteiger partial charge in [-0.1, -0.05) is 62.4 Å². The molecule has 0 N–H and O–H groups in total. The number of ether oxygens (including phenoxy) is 1. The van der Waals surface area contributed by atoms with Crippen LogP contribution >= 0.6 is 0 Å². The fourth-order valence-electron chi connectivity index (χ4n) is 5.09. The highest BCUT2D eigenvalue weighted by molar-refractivity contribution is 5.80. The Morgan fingerprint density at radius 1 is 0.976 bits per heavy atom. The normalized spacial score (nSPS) is 12.9. The molecule has 0 atom stereocenters. The van der Waals surface area contributed by atoms with Crippen molar-refractivity contribution >= 4 is 0 Å². The third kappa shape index (κ3) is 5.81. The third-order valence-corrected chi connectivity index (χ3v) is 7.50. The Bertz CT molecular complexity index is 1740. The second-order valence-electron chi connectivity index (χ2n) is 10.6. The van der Waals surface area contributed by atoms with Crippen LogP contribution in [0.1, 0.15) is 50.2 Å².